The molecule has 1 unspecified atom stereocenters. The molecule has 0 aromatic heterocycles. The van der Waals surface area contributed by atoms with Crippen molar-refractivity contribution in [2.24, 2.45) is 11.1 Å². The Morgan fingerprint density at radius 3 is 2.64 bits per heavy atom. The molecule has 0 saturated heterocycles. The smallest absolute Gasteiger partial charge is 0.177 e. The summed E-state index contributed by atoms with van der Waals surface area (Å²) in [7, 11) is 0. The molecule has 1 atom stereocenters. The molecule has 2 N–H and O–H groups in total. The van der Waals surface area contributed by atoms with Crippen molar-refractivity contribution >= 4 is 5.78 Å². The van der Waals surface area contributed by atoms with Crippen LogP contribution in [0.2, 0.25) is 0 Å². The summed E-state index contributed by atoms with van der Waals surface area (Å²) in [6, 6.07) is 1.96. The number of hydrogen-bond donors (Lipinski definition) is 1. The highest BCUT2D eigenvalue weighted by Gasteiger charge is 2.28. The van der Waals surface area contributed by atoms with Gasteiger partial charge in [0, 0.05) is 0 Å². The average molecular weight is 152 g/mol. The molecule has 0 fully saturated rings. The van der Waals surface area contributed by atoms with E-state index in [0.29, 0.717) is 6.42 Å². The Labute approximate surface area is 66.5 Å². The minimum atomic E-state index is -0.907. The number of carbonyl (C=O) groups excluding carboxylic acids is 1. The molecule has 3 heteroatoms. The number of hydrogen-bond acceptors (Lipinski definition) is 3. The van der Waals surface area contributed by atoms with Gasteiger partial charge in [0.25, 0.3) is 0 Å². The van der Waals surface area contributed by atoms with E-state index in [4.69, 9.17) is 11.0 Å². The van der Waals surface area contributed by atoms with Crippen molar-refractivity contribution in [2.75, 3.05) is 0 Å². The van der Waals surface area contributed by atoms with Crippen molar-refractivity contribution in [1.29, 1.82) is 5.26 Å². The van der Waals surface area contributed by atoms with Gasteiger partial charge in [-0.3, -0.25) is 4.79 Å². The maximum Gasteiger partial charge on any atom is 0.177 e. The zero-order valence-corrected chi connectivity index (χ0v) is 6.79. The number of carbonyl (C=O) groups is 1. The van der Waals surface area contributed by atoms with E-state index in [1.165, 1.54) is 6.08 Å². The lowest BCUT2D eigenvalue weighted by molar-refractivity contribution is -0.120. The molecule has 0 saturated carbocycles. The molecule has 0 rings (SSSR count). The number of nitrogens with zero attached hydrogens (tertiary/aromatic N) is 1. The van der Waals surface area contributed by atoms with Crippen LogP contribution < -0.4 is 5.73 Å². The maximum absolute atomic E-state index is 11.1. The molecule has 0 bridgehead atoms. The van der Waals surface area contributed by atoms with Gasteiger partial charge in [0.1, 0.15) is 5.41 Å². The van der Waals surface area contributed by atoms with Crippen molar-refractivity contribution in [3.8, 4) is 6.07 Å². The van der Waals surface area contributed by atoms with Gasteiger partial charge in [-0.05, 0) is 25.6 Å². The average Bonchev–Trinajstić information content (AvgIpc) is 2.03. The van der Waals surface area contributed by atoms with Crippen LogP contribution in [0.15, 0.2) is 12.3 Å². The van der Waals surface area contributed by atoms with E-state index in [0.717, 1.165) is 6.20 Å². The van der Waals surface area contributed by atoms with Crippen LogP contribution in [0.4, 0.5) is 0 Å². The lowest BCUT2D eigenvalue weighted by Crippen LogP contribution is -2.23. The SMILES string of the molecule is CCC(C)(C#N)C(=O)/C=C/N. The Balaban J connectivity index is 4.54. The molecule has 11 heavy (non-hydrogen) atoms. The van der Waals surface area contributed by atoms with Gasteiger partial charge in [0.05, 0.1) is 6.07 Å². The molecule has 60 valence electrons. The standard InChI is InChI=1S/C8H12N2O/c1-3-8(2,6-10)7(11)4-5-9/h4-5H,3,9H2,1-2H3/b5-4+. The maximum atomic E-state index is 11.1. The van der Waals surface area contributed by atoms with E-state index in [-0.39, 0.29) is 5.78 Å². The quantitative estimate of drug-likeness (QED) is 0.612. The fourth-order valence-corrected chi connectivity index (χ4v) is 0.580. The Hall–Kier alpha value is -1.30. The van der Waals surface area contributed by atoms with Gasteiger partial charge in [-0.1, -0.05) is 6.92 Å². The lowest BCUT2D eigenvalue weighted by Gasteiger charge is -2.14. The van der Waals surface area contributed by atoms with Crippen molar-refractivity contribution in [3.05, 3.63) is 12.3 Å². The number of allylic oxidation sites excluding steroid dienone is 1. The van der Waals surface area contributed by atoms with E-state index in [1.807, 2.05) is 6.07 Å². The van der Waals surface area contributed by atoms with Crippen LogP contribution in [0.25, 0.3) is 0 Å². The topological polar surface area (TPSA) is 66.9 Å². The molecule has 0 spiro atoms. The highest BCUT2D eigenvalue weighted by atomic mass is 16.1. The summed E-state index contributed by atoms with van der Waals surface area (Å²) >= 11 is 0. The van der Waals surface area contributed by atoms with Gasteiger partial charge in [-0.2, -0.15) is 5.26 Å². The van der Waals surface area contributed by atoms with E-state index >= 15 is 0 Å². The minimum Gasteiger partial charge on any atom is -0.404 e. The van der Waals surface area contributed by atoms with Crippen molar-refractivity contribution in [1.82, 2.24) is 0 Å². The summed E-state index contributed by atoms with van der Waals surface area (Å²) in [5.41, 5.74) is 4.12. The van der Waals surface area contributed by atoms with Crippen molar-refractivity contribution in [2.45, 2.75) is 20.3 Å². The third-order valence-corrected chi connectivity index (χ3v) is 1.75. The number of nitrogens with two attached hydrogens (primary N) is 1. The highest BCUT2D eigenvalue weighted by molar-refractivity contribution is 5.96. The zero-order valence-electron chi connectivity index (χ0n) is 6.79. The molecule has 0 aromatic rings. The van der Waals surface area contributed by atoms with Gasteiger partial charge < -0.3 is 5.73 Å². The Morgan fingerprint density at radius 1 is 1.82 bits per heavy atom. The van der Waals surface area contributed by atoms with Gasteiger partial charge in [-0.15, -0.1) is 0 Å². The van der Waals surface area contributed by atoms with E-state index < -0.39 is 5.41 Å². The third-order valence-electron chi connectivity index (χ3n) is 1.75. The largest absolute Gasteiger partial charge is 0.404 e. The number of rotatable bonds is 3. The molecule has 0 aliphatic heterocycles. The molecular weight excluding hydrogens is 140 g/mol. The minimum absolute atomic E-state index is 0.231. The molecule has 0 aliphatic rings. The fourth-order valence-electron chi connectivity index (χ4n) is 0.580. The number of ketones is 1. The number of nitriles is 1. The molecule has 0 aromatic carbocycles. The first-order valence-corrected chi connectivity index (χ1v) is 3.44. The second-order valence-corrected chi connectivity index (χ2v) is 2.52. The van der Waals surface area contributed by atoms with Crippen LogP contribution in [-0.4, -0.2) is 5.78 Å². The fraction of sp³-hybridized carbons (Fsp3) is 0.500. The van der Waals surface area contributed by atoms with Crippen molar-refractivity contribution < 1.29 is 4.79 Å². The molecule has 0 radical (unpaired) electrons. The van der Waals surface area contributed by atoms with Crippen LogP contribution in [0.1, 0.15) is 20.3 Å². The summed E-state index contributed by atoms with van der Waals surface area (Å²) in [6.07, 6.45) is 2.90. The van der Waals surface area contributed by atoms with E-state index in [2.05, 4.69) is 0 Å². The van der Waals surface area contributed by atoms with Gasteiger partial charge in [0.2, 0.25) is 0 Å². The summed E-state index contributed by atoms with van der Waals surface area (Å²) in [5, 5.41) is 8.64. The summed E-state index contributed by atoms with van der Waals surface area (Å²) in [5.74, 6) is -0.231. The molecular formula is C8H12N2O. The Bertz CT molecular complexity index is 215. The summed E-state index contributed by atoms with van der Waals surface area (Å²) < 4.78 is 0. The van der Waals surface area contributed by atoms with Crippen LogP contribution >= 0.6 is 0 Å². The first-order valence-electron chi connectivity index (χ1n) is 3.44. The van der Waals surface area contributed by atoms with E-state index in [1.54, 1.807) is 13.8 Å². The highest BCUT2D eigenvalue weighted by Crippen LogP contribution is 2.20. The normalized spacial score (nSPS) is 15.7. The summed E-state index contributed by atoms with van der Waals surface area (Å²) in [4.78, 5) is 11.1. The van der Waals surface area contributed by atoms with Crippen LogP contribution in [0.5, 0.6) is 0 Å². The Morgan fingerprint density at radius 2 is 2.36 bits per heavy atom. The van der Waals surface area contributed by atoms with E-state index in [9.17, 15) is 4.79 Å². The predicted molar refractivity (Wildman–Crippen MR) is 42.3 cm³/mol. The van der Waals surface area contributed by atoms with Crippen LogP contribution in [0.3, 0.4) is 0 Å². The van der Waals surface area contributed by atoms with Gasteiger partial charge >= 0.3 is 0 Å². The Kier molecular flexibility index (Phi) is 3.32. The zero-order chi connectivity index (χ0) is 8.91. The van der Waals surface area contributed by atoms with Crippen molar-refractivity contribution in [3.63, 3.8) is 0 Å². The molecule has 0 aliphatic carbocycles. The van der Waals surface area contributed by atoms with Gasteiger partial charge in [-0.25, -0.2) is 0 Å². The third kappa shape index (κ3) is 2.08. The predicted octanol–water partition coefficient (Wildman–Crippen LogP) is 0.968. The summed E-state index contributed by atoms with van der Waals surface area (Å²) in [6.45, 7) is 3.40. The first-order chi connectivity index (χ1) is 5.10. The molecule has 0 amide bonds. The second kappa shape index (κ2) is 3.77. The second-order valence-electron chi connectivity index (χ2n) is 2.52. The molecule has 3 nitrogen and oxygen atoms in total. The van der Waals surface area contributed by atoms with Gasteiger partial charge in [0.15, 0.2) is 5.78 Å². The lowest BCUT2D eigenvalue weighted by atomic mass is 9.85. The molecule has 0 heterocycles. The van der Waals surface area contributed by atoms with Crippen LogP contribution in [-0.2, 0) is 4.79 Å². The first kappa shape index (κ1) is 9.70. The van der Waals surface area contributed by atoms with Crippen LogP contribution in [0, 0.1) is 16.7 Å². The monoisotopic (exact) mass is 152 g/mol.